The molecular weight excluding hydrogens is 410 g/mol. The average molecular weight is 456 g/mol. The van der Waals surface area contributed by atoms with Gasteiger partial charge in [0.2, 0.25) is 0 Å². The number of aryl methyl sites for hydroxylation is 1. The monoisotopic (exact) mass is 455 g/mol. The first-order valence-electron chi connectivity index (χ1n) is 12.5. The van der Waals surface area contributed by atoms with Crippen molar-refractivity contribution in [1.29, 1.82) is 0 Å². The Labute approximate surface area is 202 Å². The van der Waals surface area contributed by atoms with Gasteiger partial charge in [-0.25, -0.2) is 0 Å². The Morgan fingerprint density at radius 3 is 2.24 bits per heavy atom. The fourth-order valence-electron chi connectivity index (χ4n) is 4.10. The van der Waals surface area contributed by atoms with Gasteiger partial charge in [-0.3, -0.25) is 0 Å². The molecular formula is C29H45NO3. The minimum atomic E-state index is 0.0468. The van der Waals surface area contributed by atoms with Gasteiger partial charge >= 0.3 is 0 Å². The summed E-state index contributed by atoms with van der Waals surface area (Å²) in [6.07, 6.45) is 7.46. The Kier molecular flexibility index (Phi) is 14.9. The largest absolute Gasteiger partial charge is 0.493 e. The van der Waals surface area contributed by atoms with Crippen LogP contribution in [0.3, 0.4) is 0 Å². The highest BCUT2D eigenvalue weighted by molar-refractivity contribution is 5.55. The zero-order valence-electron chi connectivity index (χ0n) is 21.7. The summed E-state index contributed by atoms with van der Waals surface area (Å²) in [5.41, 5.74) is 3.63. The van der Waals surface area contributed by atoms with Crippen LogP contribution in [0.1, 0.15) is 69.6 Å². The van der Waals surface area contributed by atoms with Crippen molar-refractivity contribution in [2.45, 2.75) is 72.8 Å². The number of hydrogen-bond acceptors (Lipinski definition) is 4. The smallest absolute Gasteiger partial charge is 0.161 e. The molecule has 2 atom stereocenters. The first kappa shape index (κ1) is 28.7. The number of ether oxygens (including phenoxy) is 2. The molecule has 0 bridgehead atoms. The van der Waals surface area contributed by atoms with E-state index in [-0.39, 0.29) is 5.92 Å². The molecule has 0 amide bonds. The molecule has 0 aliphatic carbocycles. The van der Waals surface area contributed by atoms with E-state index in [9.17, 15) is 4.79 Å². The molecule has 0 radical (unpaired) electrons. The number of aldehydes is 1. The van der Waals surface area contributed by atoms with Crippen LogP contribution in [0, 0.1) is 18.8 Å². The van der Waals surface area contributed by atoms with Crippen molar-refractivity contribution in [2.24, 2.45) is 11.8 Å². The summed E-state index contributed by atoms with van der Waals surface area (Å²) in [6.45, 7) is 10.3. The van der Waals surface area contributed by atoms with E-state index in [4.69, 9.17) is 9.47 Å². The van der Waals surface area contributed by atoms with Crippen LogP contribution in [-0.2, 0) is 17.8 Å². The van der Waals surface area contributed by atoms with Crippen molar-refractivity contribution >= 4 is 6.29 Å². The fraction of sp³-hybridized carbons (Fsp3) is 0.552. The molecule has 1 N–H and O–H groups in total. The van der Waals surface area contributed by atoms with Crippen LogP contribution in [0.2, 0.25) is 0 Å². The van der Waals surface area contributed by atoms with Crippen LogP contribution >= 0.6 is 0 Å². The predicted octanol–water partition coefficient (Wildman–Crippen LogP) is 6.77. The molecule has 184 valence electrons. The van der Waals surface area contributed by atoms with Gasteiger partial charge in [0.15, 0.2) is 11.5 Å². The Balaban J connectivity index is 0.00000265. The van der Waals surface area contributed by atoms with Gasteiger partial charge in [-0.2, -0.15) is 0 Å². The third kappa shape index (κ3) is 10.4. The van der Waals surface area contributed by atoms with E-state index in [1.54, 1.807) is 14.2 Å². The lowest BCUT2D eigenvalue weighted by molar-refractivity contribution is -0.111. The number of hydrogen-bond donors (Lipinski definition) is 1. The van der Waals surface area contributed by atoms with Crippen LogP contribution in [0.15, 0.2) is 42.5 Å². The summed E-state index contributed by atoms with van der Waals surface area (Å²) >= 11 is 0. The molecule has 0 aliphatic heterocycles. The zero-order valence-corrected chi connectivity index (χ0v) is 21.7. The number of methoxy groups -OCH3 is 2. The fourth-order valence-corrected chi connectivity index (χ4v) is 4.10. The van der Waals surface area contributed by atoms with Crippen molar-refractivity contribution in [3.05, 3.63) is 59.2 Å². The lowest BCUT2D eigenvalue weighted by Gasteiger charge is -2.18. The highest BCUT2D eigenvalue weighted by atomic mass is 16.5. The quantitative estimate of drug-likeness (QED) is 0.238. The summed E-state index contributed by atoms with van der Waals surface area (Å²) < 4.78 is 10.8. The molecule has 0 fully saturated rings. The third-order valence-electron chi connectivity index (χ3n) is 6.18. The SMILES string of the molecule is CC.CCC(CCCC(C=O)Cc1cc(OC)c(OC)cc1C)CCNCc1ccccc1. The van der Waals surface area contributed by atoms with E-state index in [1.807, 2.05) is 26.0 Å². The molecule has 4 nitrogen and oxygen atoms in total. The normalized spacial score (nSPS) is 12.3. The van der Waals surface area contributed by atoms with Crippen molar-refractivity contribution < 1.29 is 14.3 Å². The maximum absolute atomic E-state index is 11.7. The summed E-state index contributed by atoms with van der Waals surface area (Å²) in [4.78, 5) is 11.7. The Morgan fingerprint density at radius 2 is 1.64 bits per heavy atom. The second kappa shape index (κ2) is 17.2. The summed E-state index contributed by atoms with van der Waals surface area (Å²) in [5.74, 6) is 2.21. The number of benzene rings is 2. The predicted molar refractivity (Wildman–Crippen MR) is 139 cm³/mol. The molecule has 2 aromatic rings. The van der Waals surface area contributed by atoms with E-state index in [0.29, 0.717) is 5.92 Å². The van der Waals surface area contributed by atoms with Crippen LogP contribution in [0.25, 0.3) is 0 Å². The van der Waals surface area contributed by atoms with Crippen molar-refractivity contribution in [1.82, 2.24) is 5.32 Å². The first-order valence-corrected chi connectivity index (χ1v) is 12.5. The maximum atomic E-state index is 11.7. The van der Waals surface area contributed by atoms with Gasteiger partial charge in [0.25, 0.3) is 0 Å². The van der Waals surface area contributed by atoms with Gasteiger partial charge in [-0.15, -0.1) is 0 Å². The van der Waals surface area contributed by atoms with Gasteiger partial charge in [-0.1, -0.05) is 70.4 Å². The molecule has 0 aliphatic rings. The first-order chi connectivity index (χ1) is 16.1. The summed E-state index contributed by atoms with van der Waals surface area (Å²) in [7, 11) is 3.29. The van der Waals surface area contributed by atoms with E-state index in [0.717, 1.165) is 61.3 Å². The summed E-state index contributed by atoms with van der Waals surface area (Å²) in [6, 6.07) is 14.5. The molecule has 0 spiro atoms. The van der Waals surface area contributed by atoms with Gasteiger partial charge in [0.05, 0.1) is 14.2 Å². The Bertz CT molecular complexity index is 776. The number of rotatable bonds is 15. The van der Waals surface area contributed by atoms with Crippen LogP contribution in [-0.4, -0.2) is 27.1 Å². The van der Waals surface area contributed by atoms with Crippen LogP contribution in [0.4, 0.5) is 0 Å². The maximum Gasteiger partial charge on any atom is 0.161 e. The van der Waals surface area contributed by atoms with Crippen molar-refractivity contribution in [3.63, 3.8) is 0 Å². The number of nitrogens with one attached hydrogen (secondary N) is 1. The molecule has 2 unspecified atom stereocenters. The van der Waals surface area contributed by atoms with Gasteiger partial charge in [0.1, 0.15) is 6.29 Å². The standard InChI is InChI=1S/C27H39NO3.C2H6/c1-5-22(14-15-28-19-23-10-7-6-8-11-23)12-9-13-24(20-29)17-25-18-27(31-4)26(30-3)16-21(25)2;1-2/h6-8,10-11,16,18,20,22,24,28H,5,9,12-15,17,19H2,1-4H3;1-2H3. The molecule has 4 heteroatoms. The molecule has 0 aromatic heterocycles. The highest BCUT2D eigenvalue weighted by Crippen LogP contribution is 2.31. The zero-order chi connectivity index (χ0) is 24.5. The van der Waals surface area contributed by atoms with Gasteiger partial charge in [-0.05, 0) is 67.5 Å². The number of carbonyl (C=O) groups is 1. The lowest BCUT2D eigenvalue weighted by atomic mass is 9.89. The minimum Gasteiger partial charge on any atom is -0.493 e. The lowest BCUT2D eigenvalue weighted by Crippen LogP contribution is -2.18. The topological polar surface area (TPSA) is 47.6 Å². The Morgan fingerprint density at radius 1 is 0.970 bits per heavy atom. The second-order valence-corrected chi connectivity index (χ2v) is 8.39. The van der Waals surface area contributed by atoms with E-state index >= 15 is 0 Å². The third-order valence-corrected chi connectivity index (χ3v) is 6.18. The minimum absolute atomic E-state index is 0.0468. The second-order valence-electron chi connectivity index (χ2n) is 8.39. The molecule has 0 heterocycles. The van der Waals surface area contributed by atoms with E-state index in [1.165, 1.54) is 24.8 Å². The molecule has 33 heavy (non-hydrogen) atoms. The van der Waals surface area contributed by atoms with Crippen LogP contribution in [0.5, 0.6) is 11.5 Å². The van der Waals surface area contributed by atoms with E-state index < -0.39 is 0 Å². The molecule has 2 aromatic carbocycles. The molecule has 0 saturated carbocycles. The average Bonchev–Trinajstić information content (AvgIpc) is 2.87. The van der Waals surface area contributed by atoms with Crippen molar-refractivity contribution in [2.75, 3.05) is 20.8 Å². The van der Waals surface area contributed by atoms with Gasteiger partial charge in [0, 0.05) is 12.5 Å². The Hall–Kier alpha value is -2.33. The number of carbonyl (C=O) groups excluding carboxylic acids is 1. The molecule has 0 saturated heterocycles. The van der Waals surface area contributed by atoms with Crippen molar-refractivity contribution in [3.8, 4) is 11.5 Å². The molecule has 2 rings (SSSR count). The highest BCUT2D eigenvalue weighted by Gasteiger charge is 2.15. The van der Waals surface area contributed by atoms with E-state index in [2.05, 4.69) is 49.5 Å². The van der Waals surface area contributed by atoms with Gasteiger partial charge < -0.3 is 19.6 Å². The summed E-state index contributed by atoms with van der Waals surface area (Å²) in [5, 5.41) is 3.56. The van der Waals surface area contributed by atoms with Crippen LogP contribution < -0.4 is 14.8 Å².